The van der Waals surface area contributed by atoms with E-state index in [1.807, 2.05) is 58.0 Å². The molecule has 2 aromatic carbocycles. The second-order valence-corrected chi connectivity index (χ2v) is 12.5. The number of esters is 1. The summed E-state index contributed by atoms with van der Waals surface area (Å²) in [5.41, 5.74) is 4.81. The molecule has 0 spiro atoms. The number of hydrogen-bond acceptors (Lipinski definition) is 7. The molecule has 0 N–H and O–H groups in total. The Bertz CT molecular complexity index is 1990. The van der Waals surface area contributed by atoms with E-state index in [0.29, 0.717) is 47.7 Å². The van der Waals surface area contributed by atoms with Gasteiger partial charge in [0.25, 0.3) is 5.56 Å². The fourth-order valence-corrected chi connectivity index (χ4v) is 6.74. The Hall–Kier alpha value is -3.79. The van der Waals surface area contributed by atoms with Gasteiger partial charge in [-0.2, -0.15) is 0 Å². The molecule has 0 saturated carbocycles. The molecule has 0 saturated heterocycles. The molecule has 0 fully saturated rings. The fraction of sp³-hybridized carbons (Fsp3) is 0.303. The number of thiazole rings is 1. The van der Waals surface area contributed by atoms with E-state index in [1.165, 1.54) is 11.3 Å². The normalized spacial score (nSPS) is 15.0. The molecule has 1 atom stereocenters. The number of methoxy groups -OCH3 is 1. The van der Waals surface area contributed by atoms with Crippen molar-refractivity contribution in [3.63, 3.8) is 0 Å². The molecule has 0 amide bonds. The van der Waals surface area contributed by atoms with Gasteiger partial charge in [0.1, 0.15) is 0 Å². The molecule has 0 aliphatic carbocycles. The number of aryl methyl sites for hydroxylation is 1. The van der Waals surface area contributed by atoms with E-state index in [0.717, 1.165) is 22.6 Å². The third-order valence-corrected chi connectivity index (χ3v) is 9.02. The van der Waals surface area contributed by atoms with Gasteiger partial charge in [0, 0.05) is 17.1 Å². The SMILES string of the molecule is CCOC(=O)C1=C(C)N=c2s/c(=C/c3cc(C)n(-c4ccc(Cl)c(Cl)c4)c3C)c(=O)n2[C@@H]1c1ccc(OC(C)C)c(OC)c1. The average Bonchev–Trinajstić information content (AvgIpc) is 3.43. The summed E-state index contributed by atoms with van der Waals surface area (Å²) < 4.78 is 21.1. The molecule has 4 aromatic rings. The molecule has 0 unspecified atom stereocenters. The molecular formula is C33H33Cl2N3O5S. The van der Waals surface area contributed by atoms with Crippen molar-refractivity contribution >= 4 is 46.6 Å². The number of nitrogens with zero attached hydrogens (tertiary/aromatic N) is 3. The molecular weight excluding hydrogens is 621 g/mol. The van der Waals surface area contributed by atoms with Gasteiger partial charge < -0.3 is 18.8 Å². The summed E-state index contributed by atoms with van der Waals surface area (Å²) in [5.74, 6) is 0.528. The van der Waals surface area contributed by atoms with Gasteiger partial charge in [-0.1, -0.05) is 40.6 Å². The number of carbonyl (C=O) groups is 1. The van der Waals surface area contributed by atoms with Crippen LogP contribution in [-0.4, -0.2) is 34.9 Å². The first-order valence-electron chi connectivity index (χ1n) is 14.1. The largest absolute Gasteiger partial charge is 0.493 e. The van der Waals surface area contributed by atoms with Crippen LogP contribution in [0.3, 0.4) is 0 Å². The minimum Gasteiger partial charge on any atom is -0.493 e. The van der Waals surface area contributed by atoms with Crippen molar-refractivity contribution in [3.05, 3.63) is 106 Å². The maximum atomic E-state index is 14.2. The first-order valence-corrected chi connectivity index (χ1v) is 15.7. The molecule has 3 heterocycles. The van der Waals surface area contributed by atoms with Crippen molar-refractivity contribution in [1.82, 2.24) is 9.13 Å². The van der Waals surface area contributed by atoms with E-state index in [1.54, 1.807) is 43.7 Å². The molecule has 1 aliphatic rings. The number of allylic oxidation sites excluding steroid dienone is 1. The van der Waals surface area contributed by atoms with Crippen molar-refractivity contribution in [2.24, 2.45) is 4.99 Å². The third-order valence-electron chi connectivity index (χ3n) is 7.30. The van der Waals surface area contributed by atoms with E-state index >= 15 is 0 Å². The van der Waals surface area contributed by atoms with E-state index < -0.39 is 12.0 Å². The quantitative estimate of drug-likeness (QED) is 0.208. The van der Waals surface area contributed by atoms with Crippen LogP contribution in [0.15, 0.2) is 63.5 Å². The Labute approximate surface area is 269 Å². The number of carbonyl (C=O) groups excluding carboxylic acids is 1. The number of benzene rings is 2. The number of ether oxygens (including phenoxy) is 3. The van der Waals surface area contributed by atoms with Gasteiger partial charge in [-0.3, -0.25) is 9.36 Å². The van der Waals surface area contributed by atoms with Crippen molar-refractivity contribution in [2.45, 2.75) is 53.7 Å². The van der Waals surface area contributed by atoms with Crippen molar-refractivity contribution in [3.8, 4) is 17.2 Å². The second kappa shape index (κ2) is 12.7. The average molecular weight is 655 g/mol. The van der Waals surface area contributed by atoms with E-state index in [2.05, 4.69) is 4.57 Å². The molecule has 0 bridgehead atoms. The van der Waals surface area contributed by atoms with Gasteiger partial charge in [0.15, 0.2) is 16.3 Å². The zero-order chi connectivity index (χ0) is 31.9. The molecule has 2 aromatic heterocycles. The topological polar surface area (TPSA) is 84.1 Å². The Morgan fingerprint density at radius 1 is 1.07 bits per heavy atom. The zero-order valence-electron chi connectivity index (χ0n) is 25.5. The fourth-order valence-electron chi connectivity index (χ4n) is 5.41. The minimum atomic E-state index is -0.780. The summed E-state index contributed by atoms with van der Waals surface area (Å²) in [4.78, 5) is 32.6. The Morgan fingerprint density at radius 3 is 2.48 bits per heavy atom. The lowest BCUT2D eigenvalue weighted by molar-refractivity contribution is -0.139. The number of aromatic nitrogens is 2. The Kier molecular flexibility index (Phi) is 9.11. The third kappa shape index (κ3) is 5.84. The van der Waals surface area contributed by atoms with Crippen LogP contribution in [0.4, 0.5) is 0 Å². The van der Waals surface area contributed by atoms with E-state index in [-0.39, 0.29) is 18.3 Å². The molecule has 44 heavy (non-hydrogen) atoms. The van der Waals surface area contributed by atoms with Gasteiger partial charge in [0.2, 0.25) is 0 Å². The van der Waals surface area contributed by atoms with Crippen LogP contribution in [0, 0.1) is 13.8 Å². The maximum absolute atomic E-state index is 14.2. The summed E-state index contributed by atoms with van der Waals surface area (Å²) in [6, 6.07) is 12.1. The highest BCUT2D eigenvalue weighted by atomic mass is 35.5. The van der Waals surface area contributed by atoms with Crippen molar-refractivity contribution < 1.29 is 19.0 Å². The Morgan fingerprint density at radius 2 is 1.82 bits per heavy atom. The molecule has 11 heteroatoms. The van der Waals surface area contributed by atoms with Gasteiger partial charge in [0.05, 0.1) is 51.7 Å². The Balaban J connectivity index is 1.69. The van der Waals surface area contributed by atoms with E-state index in [9.17, 15) is 9.59 Å². The zero-order valence-corrected chi connectivity index (χ0v) is 27.9. The number of rotatable bonds is 8. The van der Waals surface area contributed by atoms with Gasteiger partial charge in [-0.25, -0.2) is 9.79 Å². The van der Waals surface area contributed by atoms with Gasteiger partial charge in [-0.15, -0.1) is 0 Å². The lowest BCUT2D eigenvalue weighted by atomic mass is 9.95. The molecule has 230 valence electrons. The van der Waals surface area contributed by atoms with Crippen LogP contribution in [0.5, 0.6) is 11.5 Å². The lowest BCUT2D eigenvalue weighted by Crippen LogP contribution is -2.40. The number of fused-ring (bicyclic) bond motifs is 1. The predicted molar refractivity (Wildman–Crippen MR) is 174 cm³/mol. The smallest absolute Gasteiger partial charge is 0.338 e. The summed E-state index contributed by atoms with van der Waals surface area (Å²) in [6.45, 7) is 11.5. The monoisotopic (exact) mass is 653 g/mol. The highest BCUT2D eigenvalue weighted by Gasteiger charge is 2.34. The van der Waals surface area contributed by atoms with Crippen LogP contribution in [0.25, 0.3) is 11.8 Å². The van der Waals surface area contributed by atoms with E-state index in [4.69, 9.17) is 42.4 Å². The summed E-state index contributed by atoms with van der Waals surface area (Å²) in [7, 11) is 1.56. The van der Waals surface area contributed by atoms with Crippen molar-refractivity contribution in [2.75, 3.05) is 13.7 Å². The highest BCUT2D eigenvalue weighted by Crippen LogP contribution is 2.36. The van der Waals surface area contributed by atoms with Crippen LogP contribution in [0.1, 0.15) is 56.3 Å². The molecule has 5 rings (SSSR count). The maximum Gasteiger partial charge on any atom is 0.338 e. The summed E-state index contributed by atoms with van der Waals surface area (Å²) >= 11 is 13.7. The molecule has 8 nitrogen and oxygen atoms in total. The minimum absolute atomic E-state index is 0.0664. The number of hydrogen-bond donors (Lipinski definition) is 0. The second-order valence-electron chi connectivity index (χ2n) is 10.6. The van der Waals surface area contributed by atoms with Crippen LogP contribution in [-0.2, 0) is 9.53 Å². The first-order chi connectivity index (χ1) is 20.9. The van der Waals surface area contributed by atoms with Gasteiger partial charge >= 0.3 is 5.97 Å². The summed E-state index contributed by atoms with van der Waals surface area (Å²) in [5, 5.41) is 0.936. The van der Waals surface area contributed by atoms with Crippen molar-refractivity contribution in [1.29, 1.82) is 0 Å². The van der Waals surface area contributed by atoms with Crippen LogP contribution >= 0.6 is 34.5 Å². The predicted octanol–water partition coefficient (Wildman–Crippen LogP) is 6.31. The van der Waals surface area contributed by atoms with Crippen LogP contribution < -0.4 is 24.4 Å². The molecule has 0 radical (unpaired) electrons. The highest BCUT2D eigenvalue weighted by molar-refractivity contribution is 7.07. The summed E-state index contributed by atoms with van der Waals surface area (Å²) in [6.07, 6.45) is 1.80. The first kappa shape index (κ1) is 31.6. The lowest BCUT2D eigenvalue weighted by Gasteiger charge is -2.25. The number of halogens is 2. The van der Waals surface area contributed by atoms with Gasteiger partial charge in [-0.05, 0) is 95.1 Å². The standard InChI is InChI=1S/C33H33Cl2N3O5S/c1-8-42-32(40)29-19(5)36-33-38(30(29)21-9-12-26(43-17(2)3)27(14-21)41-7)31(39)28(44-33)15-22-13-18(4)37(20(22)6)23-10-11-24(34)25(35)16-23/h9-17,30H,8H2,1-7H3/b28-15+/t30-/m1/s1. The molecule has 1 aliphatic heterocycles. The van der Waals surface area contributed by atoms with Crippen LogP contribution in [0.2, 0.25) is 10.0 Å².